The van der Waals surface area contributed by atoms with Crippen LogP contribution in [0.1, 0.15) is 19.6 Å². The van der Waals surface area contributed by atoms with Crippen LogP contribution in [0.15, 0.2) is 51.9 Å². The predicted molar refractivity (Wildman–Crippen MR) is 101 cm³/mol. The van der Waals surface area contributed by atoms with Gasteiger partial charge in [0.15, 0.2) is 0 Å². The van der Waals surface area contributed by atoms with Gasteiger partial charge in [-0.2, -0.15) is 0 Å². The first-order valence-electron chi connectivity index (χ1n) is 8.24. The Hall–Kier alpha value is -2.93. The average molecular weight is 390 g/mol. The standard InChI is InChI=1S/C19H17ClFN3O3/c1-11(2)23(14-8-6-13(21)7-9-14)19(26)24-18(25)16(12(3)27-24)15-5-4-10-22-17(15)20/h4-11H,1-3H3. The number of aryl methyl sites for hydroxylation is 1. The molecule has 6 nitrogen and oxygen atoms in total. The molecule has 0 aliphatic rings. The van der Waals surface area contributed by atoms with E-state index in [9.17, 15) is 14.0 Å². The number of aromatic nitrogens is 2. The summed E-state index contributed by atoms with van der Waals surface area (Å²) < 4.78 is 19.3. The van der Waals surface area contributed by atoms with Crippen molar-refractivity contribution in [3.63, 3.8) is 0 Å². The highest BCUT2D eigenvalue weighted by Crippen LogP contribution is 2.27. The van der Waals surface area contributed by atoms with Crippen LogP contribution in [-0.2, 0) is 0 Å². The number of rotatable bonds is 3. The Balaban J connectivity index is 2.09. The van der Waals surface area contributed by atoms with Gasteiger partial charge in [0, 0.05) is 23.5 Å². The molecule has 0 saturated carbocycles. The van der Waals surface area contributed by atoms with Gasteiger partial charge in [0.1, 0.15) is 16.7 Å². The first kappa shape index (κ1) is 18.8. The average Bonchev–Trinajstić information content (AvgIpc) is 2.91. The molecule has 0 radical (unpaired) electrons. The number of carbonyl (C=O) groups excluding carboxylic acids is 1. The second-order valence-electron chi connectivity index (χ2n) is 6.19. The van der Waals surface area contributed by atoms with Crippen molar-refractivity contribution in [2.75, 3.05) is 4.90 Å². The van der Waals surface area contributed by atoms with E-state index in [0.717, 1.165) is 0 Å². The lowest BCUT2D eigenvalue weighted by molar-refractivity contribution is 0.210. The number of halogens is 2. The topological polar surface area (TPSA) is 68.3 Å². The molecule has 3 rings (SSSR count). The first-order chi connectivity index (χ1) is 12.8. The fraction of sp³-hybridized carbons (Fsp3) is 0.211. The third-order valence-electron chi connectivity index (χ3n) is 4.01. The highest BCUT2D eigenvalue weighted by atomic mass is 35.5. The molecule has 0 N–H and O–H groups in total. The van der Waals surface area contributed by atoms with Gasteiger partial charge in [0.2, 0.25) is 0 Å². The molecular formula is C19H17ClFN3O3. The van der Waals surface area contributed by atoms with E-state index in [4.69, 9.17) is 16.1 Å². The monoisotopic (exact) mass is 389 g/mol. The summed E-state index contributed by atoms with van der Waals surface area (Å²) in [6.45, 7) is 5.13. The summed E-state index contributed by atoms with van der Waals surface area (Å²) in [5.74, 6) is -0.180. The number of carbonyl (C=O) groups is 1. The van der Waals surface area contributed by atoms with Crippen LogP contribution in [0.4, 0.5) is 14.9 Å². The Morgan fingerprint density at radius 3 is 2.52 bits per heavy atom. The van der Waals surface area contributed by atoms with Crippen LogP contribution < -0.4 is 10.5 Å². The van der Waals surface area contributed by atoms with E-state index in [0.29, 0.717) is 16.0 Å². The molecular weight excluding hydrogens is 373 g/mol. The number of pyridine rings is 1. The van der Waals surface area contributed by atoms with Crippen molar-refractivity contribution in [3.05, 3.63) is 69.7 Å². The number of hydrogen-bond donors (Lipinski definition) is 0. The van der Waals surface area contributed by atoms with Gasteiger partial charge in [0.05, 0.1) is 5.56 Å². The Kier molecular flexibility index (Phi) is 5.14. The van der Waals surface area contributed by atoms with E-state index in [-0.39, 0.29) is 22.5 Å². The largest absolute Gasteiger partial charge is 0.371 e. The minimum Gasteiger partial charge on any atom is -0.371 e. The molecule has 0 aliphatic carbocycles. The Morgan fingerprint density at radius 2 is 1.93 bits per heavy atom. The molecule has 8 heteroatoms. The van der Waals surface area contributed by atoms with Crippen LogP contribution in [0.5, 0.6) is 0 Å². The third kappa shape index (κ3) is 3.50. The van der Waals surface area contributed by atoms with Crippen LogP contribution in [-0.4, -0.2) is 21.8 Å². The van der Waals surface area contributed by atoms with Crippen molar-refractivity contribution in [1.82, 2.24) is 9.72 Å². The van der Waals surface area contributed by atoms with E-state index in [1.54, 1.807) is 32.9 Å². The zero-order valence-corrected chi connectivity index (χ0v) is 15.7. The zero-order valence-electron chi connectivity index (χ0n) is 14.9. The molecule has 0 aliphatic heterocycles. The highest BCUT2D eigenvalue weighted by Gasteiger charge is 2.28. The zero-order chi connectivity index (χ0) is 19.7. The van der Waals surface area contributed by atoms with Gasteiger partial charge < -0.3 is 4.52 Å². The van der Waals surface area contributed by atoms with Gasteiger partial charge in [0.25, 0.3) is 5.56 Å². The van der Waals surface area contributed by atoms with Crippen LogP contribution in [0.3, 0.4) is 0 Å². The lowest BCUT2D eigenvalue weighted by Gasteiger charge is -2.25. The van der Waals surface area contributed by atoms with Gasteiger partial charge >= 0.3 is 6.03 Å². The molecule has 27 heavy (non-hydrogen) atoms. The summed E-state index contributed by atoms with van der Waals surface area (Å²) in [6.07, 6.45) is 1.50. The molecule has 2 heterocycles. The first-order valence-corrected chi connectivity index (χ1v) is 8.62. The molecule has 3 aromatic rings. The molecule has 2 aromatic heterocycles. The number of anilines is 1. The lowest BCUT2D eigenvalue weighted by atomic mass is 10.1. The highest BCUT2D eigenvalue weighted by molar-refractivity contribution is 6.32. The molecule has 0 atom stereocenters. The molecule has 0 saturated heterocycles. The Labute approximate surface area is 159 Å². The minimum absolute atomic E-state index is 0.136. The van der Waals surface area contributed by atoms with E-state index in [2.05, 4.69) is 4.98 Å². The summed E-state index contributed by atoms with van der Waals surface area (Å²) in [7, 11) is 0. The summed E-state index contributed by atoms with van der Waals surface area (Å²) in [5.41, 5.74) is 0.359. The van der Waals surface area contributed by atoms with Crippen molar-refractivity contribution < 1.29 is 13.7 Å². The normalized spacial score (nSPS) is 11.0. The SMILES string of the molecule is Cc1on(C(=O)N(c2ccc(F)cc2)C(C)C)c(=O)c1-c1cccnc1Cl. The second-order valence-corrected chi connectivity index (χ2v) is 6.54. The van der Waals surface area contributed by atoms with Gasteiger partial charge in [-0.3, -0.25) is 9.69 Å². The summed E-state index contributed by atoms with van der Waals surface area (Å²) in [5, 5.41) is 0.136. The van der Waals surface area contributed by atoms with Crippen molar-refractivity contribution in [2.24, 2.45) is 0 Å². The maximum atomic E-state index is 13.2. The molecule has 0 unspecified atom stereocenters. The quantitative estimate of drug-likeness (QED) is 0.619. The van der Waals surface area contributed by atoms with E-state index in [1.807, 2.05) is 0 Å². The fourth-order valence-corrected chi connectivity index (χ4v) is 3.02. The Morgan fingerprint density at radius 1 is 1.26 bits per heavy atom. The fourth-order valence-electron chi connectivity index (χ4n) is 2.81. The van der Waals surface area contributed by atoms with Crippen molar-refractivity contribution in [1.29, 1.82) is 0 Å². The van der Waals surface area contributed by atoms with Gasteiger partial charge in [-0.25, -0.2) is 14.2 Å². The lowest BCUT2D eigenvalue weighted by Crippen LogP contribution is -2.43. The molecule has 140 valence electrons. The molecule has 1 amide bonds. The number of amides is 1. The van der Waals surface area contributed by atoms with E-state index in [1.165, 1.54) is 35.4 Å². The van der Waals surface area contributed by atoms with Gasteiger partial charge in [-0.05, 0) is 57.2 Å². The van der Waals surface area contributed by atoms with Crippen LogP contribution in [0.2, 0.25) is 5.15 Å². The molecule has 1 aromatic carbocycles. The van der Waals surface area contributed by atoms with Crippen LogP contribution in [0.25, 0.3) is 11.1 Å². The summed E-state index contributed by atoms with van der Waals surface area (Å²) >= 11 is 6.08. The minimum atomic E-state index is -0.684. The van der Waals surface area contributed by atoms with Crippen molar-refractivity contribution >= 4 is 23.3 Å². The molecule has 0 bridgehead atoms. The van der Waals surface area contributed by atoms with Crippen LogP contribution in [0, 0.1) is 12.7 Å². The number of hydrogen-bond acceptors (Lipinski definition) is 4. The maximum Gasteiger partial charge on any atom is 0.365 e. The summed E-state index contributed by atoms with van der Waals surface area (Å²) in [6, 6.07) is 7.70. The Bertz CT molecular complexity index is 1040. The number of benzene rings is 1. The third-order valence-corrected chi connectivity index (χ3v) is 4.31. The van der Waals surface area contributed by atoms with Crippen molar-refractivity contribution in [3.8, 4) is 11.1 Å². The number of nitrogens with zero attached hydrogens (tertiary/aromatic N) is 3. The van der Waals surface area contributed by atoms with Gasteiger partial charge in [-0.1, -0.05) is 16.3 Å². The predicted octanol–water partition coefficient (Wildman–Crippen LogP) is 4.49. The second kappa shape index (κ2) is 7.36. The maximum absolute atomic E-state index is 13.2. The molecule has 0 fully saturated rings. The smallest absolute Gasteiger partial charge is 0.365 e. The van der Waals surface area contributed by atoms with Crippen molar-refractivity contribution in [2.45, 2.75) is 26.8 Å². The molecule has 0 spiro atoms. The van der Waals surface area contributed by atoms with Crippen LogP contribution >= 0.6 is 11.6 Å². The summed E-state index contributed by atoms with van der Waals surface area (Å²) in [4.78, 5) is 31.2. The van der Waals surface area contributed by atoms with E-state index < -0.39 is 17.4 Å². The van der Waals surface area contributed by atoms with Gasteiger partial charge in [-0.15, -0.1) is 0 Å². The van der Waals surface area contributed by atoms with E-state index >= 15 is 0 Å².